The number of hydrogen-bond acceptors (Lipinski definition) is 4. The summed E-state index contributed by atoms with van der Waals surface area (Å²) >= 11 is 1.67. The number of carbonyl (C=O) groups is 1. The van der Waals surface area contributed by atoms with Crippen LogP contribution in [0.15, 0.2) is 34.1 Å². The number of aromatic carboxylic acids is 1. The highest BCUT2D eigenvalue weighted by molar-refractivity contribution is 7.10. The molecule has 0 radical (unpaired) electrons. The van der Waals surface area contributed by atoms with Gasteiger partial charge in [0, 0.05) is 10.9 Å². The average molecular weight is 251 g/mol. The highest BCUT2D eigenvalue weighted by Crippen LogP contribution is 2.27. The van der Waals surface area contributed by atoms with E-state index in [1.54, 1.807) is 17.4 Å². The van der Waals surface area contributed by atoms with Crippen molar-refractivity contribution in [2.45, 2.75) is 19.4 Å². The maximum absolute atomic E-state index is 10.7. The number of thiophene rings is 1. The van der Waals surface area contributed by atoms with Crippen LogP contribution in [0.1, 0.15) is 34.8 Å². The molecule has 0 saturated carbocycles. The molecule has 4 nitrogen and oxygen atoms in total. The van der Waals surface area contributed by atoms with E-state index < -0.39 is 5.97 Å². The number of hydrogen-bond donors (Lipinski definition) is 2. The van der Waals surface area contributed by atoms with Gasteiger partial charge in [0.25, 0.3) is 0 Å². The molecule has 0 aliphatic carbocycles. The molecular weight excluding hydrogens is 238 g/mol. The largest absolute Gasteiger partial charge is 0.475 e. The Kier molecular flexibility index (Phi) is 3.49. The minimum absolute atomic E-state index is 0.0477. The van der Waals surface area contributed by atoms with E-state index in [-0.39, 0.29) is 11.8 Å². The molecule has 90 valence electrons. The lowest BCUT2D eigenvalue weighted by atomic mass is 10.2. The Morgan fingerprint density at radius 2 is 2.35 bits per heavy atom. The van der Waals surface area contributed by atoms with Crippen LogP contribution in [0.2, 0.25) is 0 Å². The summed E-state index contributed by atoms with van der Waals surface area (Å²) in [5.74, 6) is -0.613. The van der Waals surface area contributed by atoms with Crippen LogP contribution in [0, 0.1) is 0 Å². The molecule has 1 atom stereocenters. The highest BCUT2D eigenvalue weighted by atomic mass is 32.1. The summed E-state index contributed by atoms with van der Waals surface area (Å²) in [6, 6.07) is 7.29. The summed E-state index contributed by atoms with van der Waals surface area (Å²) in [6.45, 7) is 2.07. The van der Waals surface area contributed by atoms with Gasteiger partial charge in [0.1, 0.15) is 0 Å². The first kappa shape index (κ1) is 11.7. The molecule has 5 heteroatoms. The highest BCUT2D eigenvalue weighted by Gasteiger charge is 2.14. The zero-order chi connectivity index (χ0) is 12.3. The van der Waals surface area contributed by atoms with Gasteiger partial charge in [-0.2, -0.15) is 0 Å². The van der Waals surface area contributed by atoms with Gasteiger partial charge >= 0.3 is 5.97 Å². The lowest BCUT2D eigenvalue weighted by Gasteiger charge is -2.14. The standard InChI is InChI=1S/C12H13NO3S/c1-2-8(10-4-3-7-17-10)13-11-6-5-9(16-11)12(14)15/h3-8,13H,2H2,1H3,(H,14,15). The molecule has 2 heterocycles. The van der Waals surface area contributed by atoms with Crippen molar-refractivity contribution < 1.29 is 14.3 Å². The molecule has 0 aliphatic heterocycles. The van der Waals surface area contributed by atoms with Crippen LogP contribution in [0.25, 0.3) is 0 Å². The molecule has 0 spiro atoms. The van der Waals surface area contributed by atoms with E-state index in [4.69, 9.17) is 9.52 Å². The van der Waals surface area contributed by atoms with Crippen molar-refractivity contribution in [3.05, 3.63) is 40.3 Å². The molecule has 0 aromatic carbocycles. The minimum Gasteiger partial charge on any atom is -0.475 e. The van der Waals surface area contributed by atoms with E-state index in [1.807, 2.05) is 17.5 Å². The van der Waals surface area contributed by atoms with Crippen molar-refractivity contribution in [1.82, 2.24) is 0 Å². The summed E-state index contributed by atoms with van der Waals surface area (Å²) < 4.78 is 5.17. The van der Waals surface area contributed by atoms with Crippen LogP contribution in [0.3, 0.4) is 0 Å². The smallest absolute Gasteiger partial charge is 0.371 e. The second-order valence-corrected chi connectivity index (χ2v) is 4.57. The zero-order valence-corrected chi connectivity index (χ0v) is 10.2. The first-order valence-corrected chi connectivity index (χ1v) is 6.21. The van der Waals surface area contributed by atoms with Crippen molar-refractivity contribution in [3.63, 3.8) is 0 Å². The summed E-state index contributed by atoms with van der Waals surface area (Å²) in [4.78, 5) is 11.9. The Balaban J connectivity index is 2.10. The minimum atomic E-state index is -1.05. The number of anilines is 1. The van der Waals surface area contributed by atoms with Crippen LogP contribution < -0.4 is 5.32 Å². The van der Waals surface area contributed by atoms with Crippen LogP contribution in [-0.2, 0) is 0 Å². The molecular formula is C12H13NO3S. The Morgan fingerprint density at radius 1 is 1.53 bits per heavy atom. The van der Waals surface area contributed by atoms with Crippen LogP contribution >= 0.6 is 11.3 Å². The fraction of sp³-hybridized carbons (Fsp3) is 0.250. The van der Waals surface area contributed by atoms with Crippen molar-refractivity contribution >= 4 is 23.2 Å². The topological polar surface area (TPSA) is 62.5 Å². The van der Waals surface area contributed by atoms with Gasteiger partial charge < -0.3 is 14.8 Å². The zero-order valence-electron chi connectivity index (χ0n) is 9.34. The van der Waals surface area contributed by atoms with Crippen molar-refractivity contribution in [2.75, 3.05) is 5.32 Å². The van der Waals surface area contributed by atoms with Gasteiger partial charge in [0.05, 0.1) is 6.04 Å². The van der Waals surface area contributed by atoms with Gasteiger partial charge in [-0.3, -0.25) is 0 Å². The third-order valence-corrected chi connectivity index (χ3v) is 3.41. The van der Waals surface area contributed by atoms with E-state index in [0.29, 0.717) is 5.88 Å². The van der Waals surface area contributed by atoms with Crippen molar-refractivity contribution in [3.8, 4) is 0 Å². The van der Waals surface area contributed by atoms with Crippen LogP contribution in [0.5, 0.6) is 0 Å². The first-order valence-electron chi connectivity index (χ1n) is 5.33. The van der Waals surface area contributed by atoms with Gasteiger partial charge in [0.2, 0.25) is 5.76 Å². The van der Waals surface area contributed by atoms with Gasteiger partial charge in [0.15, 0.2) is 5.88 Å². The lowest BCUT2D eigenvalue weighted by molar-refractivity contribution is 0.0663. The third-order valence-electron chi connectivity index (χ3n) is 2.43. The van der Waals surface area contributed by atoms with Gasteiger partial charge in [-0.1, -0.05) is 13.0 Å². The fourth-order valence-electron chi connectivity index (χ4n) is 1.57. The molecule has 0 bridgehead atoms. The quantitative estimate of drug-likeness (QED) is 0.852. The second-order valence-electron chi connectivity index (χ2n) is 3.59. The molecule has 1 unspecified atom stereocenters. The monoisotopic (exact) mass is 251 g/mol. The van der Waals surface area contributed by atoms with E-state index in [1.165, 1.54) is 10.9 Å². The van der Waals surface area contributed by atoms with Gasteiger partial charge in [-0.15, -0.1) is 11.3 Å². The predicted molar refractivity (Wildman–Crippen MR) is 66.6 cm³/mol. The summed E-state index contributed by atoms with van der Waals surface area (Å²) in [5, 5.41) is 14.0. The maximum Gasteiger partial charge on any atom is 0.371 e. The number of furan rings is 1. The predicted octanol–water partition coefficient (Wildman–Crippen LogP) is 3.60. The Labute approximate surface area is 103 Å². The Morgan fingerprint density at radius 3 is 2.88 bits per heavy atom. The van der Waals surface area contributed by atoms with E-state index >= 15 is 0 Å². The van der Waals surface area contributed by atoms with E-state index in [0.717, 1.165) is 6.42 Å². The Hall–Kier alpha value is -1.75. The summed E-state index contributed by atoms with van der Waals surface area (Å²) in [5.41, 5.74) is 0. The van der Waals surface area contributed by atoms with Crippen LogP contribution in [-0.4, -0.2) is 11.1 Å². The third kappa shape index (κ3) is 2.68. The van der Waals surface area contributed by atoms with E-state index in [2.05, 4.69) is 12.2 Å². The maximum atomic E-state index is 10.7. The summed E-state index contributed by atoms with van der Waals surface area (Å²) in [6.07, 6.45) is 0.906. The number of rotatable bonds is 5. The van der Waals surface area contributed by atoms with Crippen LogP contribution in [0.4, 0.5) is 5.88 Å². The molecule has 0 amide bonds. The normalized spacial score (nSPS) is 12.3. The second kappa shape index (κ2) is 5.05. The molecule has 2 aromatic heterocycles. The number of nitrogens with one attached hydrogen (secondary N) is 1. The lowest BCUT2D eigenvalue weighted by Crippen LogP contribution is -2.07. The molecule has 17 heavy (non-hydrogen) atoms. The number of carboxylic acid groups (broad SMARTS) is 1. The van der Waals surface area contributed by atoms with Gasteiger partial charge in [-0.25, -0.2) is 4.79 Å². The molecule has 2 rings (SSSR count). The molecule has 2 aromatic rings. The molecule has 0 saturated heterocycles. The molecule has 0 fully saturated rings. The van der Waals surface area contributed by atoms with E-state index in [9.17, 15) is 4.79 Å². The SMILES string of the molecule is CCC(Nc1ccc(C(=O)O)o1)c1cccs1. The molecule has 0 aliphatic rings. The summed E-state index contributed by atoms with van der Waals surface area (Å²) in [7, 11) is 0. The first-order chi connectivity index (χ1) is 8.20. The average Bonchev–Trinajstić information content (AvgIpc) is 2.96. The Bertz CT molecular complexity index is 490. The number of carboxylic acids is 1. The van der Waals surface area contributed by atoms with Crippen molar-refractivity contribution in [1.29, 1.82) is 0 Å². The fourth-order valence-corrected chi connectivity index (χ4v) is 2.43. The van der Waals surface area contributed by atoms with Gasteiger partial charge in [-0.05, 0) is 23.9 Å². The van der Waals surface area contributed by atoms with Crippen molar-refractivity contribution in [2.24, 2.45) is 0 Å². The molecule has 2 N–H and O–H groups in total.